The molecule has 0 saturated heterocycles. The van der Waals surface area contributed by atoms with Crippen LogP contribution in [0.25, 0.3) is 0 Å². The third-order valence-corrected chi connectivity index (χ3v) is 7.08. The van der Waals surface area contributed by atoms with E-state index in [-0.39, 0.29) is 17.2 Å². The van der Waals surface area contributed by atoms with Gasteiger partial charge in [0.15, 0.2) is 5.82 Å². The van der Waals surface area contributed by atoms with Crippen LogP contribution >= 0.6 is 0 Å². The Kier molecular flexibility index (Phi) is 7.96. The molecule has 1 aliphatic carbocycles. The third kappa shape index (κ3) is 6.05. The molecule has 1 saturated carbocycles. The molecule has 4 N–H and O–H groups in total. The lowest BCUT2D eigenvalue weighted by atomic mass is 9.80. The summed E-state index contributed by atoms with van der Waals surface area (Å²) in [6.45, 7) is 9.01. The minimum Gasteiger partial charge on any atom is -0.465 e. The highest BCUT2D eigenvalue weighted by atomic mass is 16.5. The van der Waals surface area contributed by atoms with Gasteiger partial charge in [-0.15, -0.1) is 0 Å². The van der Waals surface area contributed by atoms with Crippen LogP contribution in [0.5, 0.6) is 0 Å². The molecule has 0 aliphatic heterocycles. The standard InChI is InChI=1S/C25H36BN4O5/c1-15-9-7-8-10-20(15)30-14-18(21(27)31)22(29-30)28-16-11-12-19(17(13-16)23(32)34-6)26-35-25(4,5)24(2,3)33/h11-15,20,33H,7-10H2,1-6H3,(H2,27,31)(H,28,29)/t15-,20?/m0/s1. The number of ether oxygens (including phenoxy) is 1. The van der Waals surface area contributed by atoms with Gasteiger partial charge in [-0.25, -0.2) is 4.79 Å². The highest BCUT2D eigenvalue weighted by Crippen LogP contribution is 2.34. The first-order chi connectivity index (χ1) is 16.3. The summed E-state index contributed by atoms with van der Waals surface area (Å²) in [7, 11) is 2.73. The lowest BCUT2D eigenvalue weighted by Crippen LogP contribution is -2.49. The maximum atomic E-state index is 12.5. The molecule has 1 fully saturated rings. The van der Waals surface area contributed by atoms with Crippen molar-refractivity contribution < 1.29 is 24.1 Å². The van der Waals surface area contributed by atoms with Crippen molar-refractivity contribution in [3.63, 3.8) is 0 Å². The average molecular weight is 483 g/mol. The maximum absolute atomic E-state index is 12.5. The number of amides is 1. The third-order valence-electron chi connectivity index (χ3n) is 7.08. The number of rotatable bonds is 9. The number of nitrogens with zero attached hydrogens (tertiary/aromatic N) is 2. The molecule has 35 heavy (non-hydrogen) atoms. The van der Waals surface area contributed by atoms with Gasteiger partial charge in [0.05, 0.1) is 29.9 Å². The van der Waals surface area contributed by atoms with Crippen molar-refractivity contribution in [2.45, 2.75) is 77.5 Å². The smallest absolute Gasteiger partial charge is 0.337 e. The Morgan fingerprint density at radius 3 is 2.49 bits per heavy atom. The topological polar surface area (TPSA) is 129 Å². The number of hydrogen-bond donors (Lipinski definition) is 3. The van der Waals surface area contributed by atoms with Gasteiger partial charge >= 0.3 is 13.5 Å². The van der Waals surface area contributed by atoms with Crippen LogP contribution in [0.2, 0.25) is 0 Å². The van der Waals surface area contributed by atoms with Gasteiger partial charge in [-0.05, 0) is 64.1 Å². The summed E-state index contributed by atoms with van der Waals surface area (Å²) in [6, 6.07) is 5.24. The normalized spacial score (nSPS) is 18.7. The molecule has 10 heteroatoms. The van der Waals surface area contributed by atoms with Crippen LogP contribution in [0.4, 0.5) is 11.5 Å². The van der Waals surface area contributed by atoms with Gasteiger partial charge in [0.2, 0.25) is 0 Å². The molecular formula is C25H36BN4O5. The van der Waals surface area contributed by atoms with Gasteiger partial charge in [0, 0.05) is 11.9 Å². The number of methoxy groups -OCH3 is 1. The van der Waals surface area contributed by atoms with E-state index in [1.54, 1.807) is 52.1 Å². The van der Waals surface area contributed by atoms with Gasteiger partial charge in [-0.2, -0.15) is 5.10 Å². The Balaban J connectivity index is 1.89. The van der Waals surface area contributed by atoms with Gasteiger partial charge in [-0.1, -0.05) is 25.8 Å². The van der Waals surface area contributed by atoms with E-state index in [1.807, 2.05) is 4.68 Å². The number of anilines is 2. The first-order valence-corrected chi connectivity index (χ1v) is 12.0. The van der Waals surface area contributed by atoms with E-state index in [2.05, 4.69) is 17.3 Å². The van der Waals surface area contributed by atoms with Crippen LogP contribution in [0.15, 0.2) is 24.4 Å². The number of aliphatic hydroxyl groups is 1. The molecule has 1 aromatic carbocycles. The molecule has 1 aliphatic rings. The fourth-order valence-corrected chi connectivity index (χ4v) is 4.04. The van der Waals surface area contributed by atoms with Gasteiger partial charge in [0.25, 0.3) is 5.91 Å². The zero-order valence-electron chi connectivity index (χ0n) is 21.4. The van der Waals surface area contributed by atoms with E-state index < -0.39 is 23.1 Å². The Bertz CT molecular complexity index is 1080. The molecular weight excluding hydrogens is 447 g/mol. The van der Waals surface area contributed by atoms with E-state index in [0.29, 0.717) is 22.9 Å². The fourth-order valence-electron chi connectivity index (χ4n) is 4.04. The van der Waals surface area contributed by atoms with Gasteiger partial charge in [0.1, 0.15) is 5.56 Å². The molecule has 0 bridgehead atoms. The summed E-state index contributed by atoms with van der Waals surface area (Å²) in [5.74, 6) is -0.350. The fraction of sp³-hybridized carbons (Fsp3) is 0.560. The number of aromatic nitrogens is 2. The molecule has 2 aromatic rings. The van der Waals surface area contributed by atoms with Crippen LogP contribution in [-0.4, -0.2) is 52.6 Å². The molecule has 189 valence electrons. The number of hydrogen-bond acceptors (Lipinski definition) is 7. The second kappa shape index (κ2) is 10.4. The van der Waals surface area contributed by atoms with Crippen molar-refractivity contribution in [2.75, 3.05) is 12.4 Å². The van der Waals surface area contributed by atoms with Crippen molar-refractivity contribution in [3.05, 3.63) is 35.5 Å². The summed E-state index contributed by atoms with van der Waals surface area (Å²) >= 11 is 0. The highest BCUT2D eigenvalue weighted by Gasteiger charge is 2.36. The van der Waals surface area contributed by atoms with E-state index >= 15 is 0 Å². The second-order valence-corrected chi connectivity index (χ2v) is 10.3. The Morgan fingerprint density at radius 1 is 1.20 bits per heavy atom. The lowest BCUT2D eigenvalue weighted by Gasteiger charge is -2.37. The highest BCUT2D eigenvalue weighted by molar-refractivity contribution is 6.49. The SMILES string of the molecule is COC(=O)c1cc(Nc2nn(C3CCCC[C@@H]3C)cc2C(N)=O)ccc1[B]OC(C)(C)C(C)(C)O. The molecule has 1 radical (unpaired) electrons. The van der Waals surface area contributed by atoms with E-state index in [4.69, 9.17) is 15.1 Å². The van der Waals surface area contributed by atoms with E-state index in [1.165, 1.54) is 21.0 Å². The number of esters is 1. The predicted octanol–water partition coefficient (Wildman–Crippen LogP) is 3.07. The largest absolute Gasteiger partial charge is 0.465 e. The van der Waals surface area contributed by atoms with Crippen LogP contribution in [0.3, 0.4) is 0 Å². The summed E-state index contributed by atoms with van der Waals surface area (Å²) in [5, 5.41) is 18.1. The van der Waals surface area contributed by atoms with Crippen LogP contribution in [-0.2, 0) is 9.39 Å². The van der Waals surface area contributed by atoms with Crippen molar-refractivity contribution in [1.82, 2.24) is 9.78 Å². The molecule has 9 nitrogen and oxygen atoms in total. The van der Waals surface area contributed by atoms with Crippen LogP contribution < -0.4 is 16.5 Å². The van der Waals surface area contributed by atoms with E-state index in [0.717, 1.165) is 19.3 Å². The minimum atomic E-state index is -1.11. The van der Waals surface area contributed by atoms with Crippen molar-refractivity contribution in [2.24, 2.45) is 11.7 Å². The summed E-state index contributed by atoms with van der Waals surface area (Å²) < 4.78 is 12.6. The van der Waals surface area contributed by atoms with Crippen LogP contribution in [0, 0.1) is 5.92 Å². The lowest BCUT2D eigenvalue weighted by molar-refractivity contribution is -0.0893. The molecule has 1 aromatic heterocycles. The number of primary amides is 1. The summed E-state index contributed by atoms with van der Waals surface area (Å²) in [5.41, 5.74) is 5.17. The second-order valence-electron chi connectivity index (χ2n) is 10.3. The average Bonchev–Trinajstić information content (AvgIpc) is 3.21. The predicted molar refractivity (Wildman–Crippen MR) is 135 cm³/mol. The zero-order valence-corrected chi connectivity index (χ0v) is 21.4. The zero-order chi connectivity index (χ0) is 26.0. The molecule has 3 rings (SSSR count). The van der Waals surface area contributed by atoms with E-state index in [9.17, 15) is 14.7 Å². The number of carbonyl (C=O) groups excluding carboxylic acids is 2. The number of carbonyl (C=O) groups is 2. The first-order valence-electron chi connectivity index (χ1n) is 12.0. The van der Waals surface area contributed by atoms with Crippen molar-refractivity contribution in [3.8, 4) is 0 Å². The molecule has 1 unspecified atom stereocenters. The van der Waals surface area contributed by atoms with Crippen molar-refractivity contribution >= 4 is 36.3 Å². The maximum Gasteiger partial charge on any atom is 0.337 e. The Hall–Kier alpha value is -2.85. The number of nitrogens with two attached hydrogens (primary N) is 1. The minimum absolute atomic E-state index is 0.205. The molecule has 2 atom stereocenters. The Labute approximate surface area is 207 Å². The molecule has 1 amide bonds. The van der Waals surface area contributed by atoms with Crippen molar-refractivity contribution in [1.29, 1.82) is 0 Å². The quantitative estimate of drug-likeness (QED) is 0.369. The monoisotopic (exact) mass is 483 g/mol. The molecule has 1 heterocycles. The summed E-state index contributed by atoms with van der Waals surface area (Å²) in [4.78, 5) is 24.7. The molecule has 0 spiro atoms. The summed E-state index contributed by atoms with van der Waals surface area (Å²) in [6.07, 6.45) is 6.14. The first kappa shape index (κ1) is 26.8. The van der Waals surface area contributed by atoms with Gasteiger partial charge < -0.3 is 25.5 Å². The Morgan fingerprint density at radius 2 is 1.89 bits per heavy atom. The number of nitrogens with one attached hydrogen (secondary N) is 1. The number of benzene rings is 1. The van der Waals surface area contributed by atoms with Gasteiger partial charge in [-0.3, -0.25) is 9.48 Å². The van der Waals surface area contributed by atoms with Crippen LogP contribution in [0.1, 0.15) is 87.1 Å².